The van der Waals surface area contributed by atoms with Crippen LogP contribution in [0.1, 0.15) is 52.5 Å². The van der Waals surface area contributed by atoms with Crippen LogP contribution in [0.25, 0.3) is 10.9 Å². The Kier molecular flexibility index (Phi) is 4.85. The zero-order chi connectivity index (χ0) is 19.9. The number of H-pyrrole nitrogens is 1. The van der Waals surface area contributed by atoms with E-state index in [0.717, 1.165) is 46.2 Å². The zero-order valence-electron chi connectivity index (χ0n) is 16.1. The molecule has 0 atom stereocenters. The first-order valence-corrected chi connectivity index (χ1v) is 11.1. The second-order valence-corrected chi connectivity index (χ2v) is 9.16. The van der Waals surface area contributed by atoms with Gasteiger partial charge in [0.1, 0.15) is 0 Å². The summed E-state index contributed by atoms with van der Waals surface area (Å²) >= 11 is 0. The molecule has 1 aliphatic carbocycles. The molecule has 146 valence electrons. The number of hydrogen-bond acceptors (Lipinski definition) is 3. The first-order chi connectivity index (χ1) is 13.4. The van der Waals surface area contributed by atoms with Crippen LogP contribution in [0.5, 0.6) is 0 Å². The highest BCUT2D eigenvalue weighted by molar-refractivity contribution is 7.89. The maximum atomic E-state index is 13.0. The van der Waals surface area contributed by atoms with Crippen molar-refractivity contribution in [1.82, 2.24) is 9.71 Å². The zero-order valence-corrected chi connectivity index (χ0v) is 16.9. The fraction of sp³-hybridized carbons (Fsp3) is 0.318. The fourth-order valence-electron chi connectivity index (χ4n) is 3.87. The second-order valence-electron chi connectivity index (χ2n) is 7.42. The van der Waals surface area contributed by atoms with Gasteiger partial charge >= 0.3 is 0 Å². The third-order valence-electron chi connectivity index (χ3n) is 5.42. The number of Topliss-reactive ketones (excluding diaryl/α,β-unsaturated/α-hetero) is 1. The first kappa shape index (κ1) is 18.9. The Balaban J connectivity index is 1.72. The van der Waals surface area contributed by atoms with E-state index < -0.39 is 10.0 Å². The van der Waals surface area contributed by atoms with Gasteiger partial charge in [-0.3, -0.25) is 4.79 Å². The molecule has 5 nitrogen and oxygen atoms in total. The largest absolute Gasteiger partial charge is 0.358 e. The Morgan fingerprint density at radius 2 is 1.86 bits per heavy atom. The molecule has 0 amide bonds. The second kappa shape index (κ2) is 7.18. The molecule has 0 aliphatic heterocycles. The minimum absolute atomic E-state index is 0.141. The van der Waals surface area contributed by atoms with Gasteiger partial charge in [-0.1, -0.05) is 36.8 Å². The highest BCUT2D eigenvalue weighted by Gasteiger charge is 2.25. The number of rotatable bonds is 5. The average molecular weight is 397 g/mol. The van der Waals surface area contributed by atoms with Gasteiger partial charge in [-0.15, -0.1) is 0 Å². The lowest BCUT2D eigenvalue weighted by Crippen LogP contribution is -2.24. The van der Waals surface area contributed by atoms with Crippen LogP contribution in [0.3, 0.4) is 0 Å². The molecule has 1 aromatic heterocycles. The van der Waals surface area contributed by atoms with Crippen molar-refractivity contribution in [2.45, 2.75) is 51.0 Å². The number of carbonyl (C=O) groups is 1. The minimum atomic E-state index is -3.67. The van der Waals surface area contributed by atoms with Crippen molar-refractivity contribution < 1.29 is 13.2 Å². The summed E-state index contributed by atoms with van der Waals surface area (Å²) < 4.78 is 28.7. The van der Waals surface area contributed by atoms with E-state index in [4.69, 9.17) is 0 Å². The molecule has 1 aliphatic rings. The quantitative estimate of drug-likeness (QED) is 0.683. The first-order valence-electron chi connectivity index (χ1n) is 9.65. The lowest BCUT2D eigenvalue weighted by atomic mass is 9.94. The molecule has 6 heteroatoms. The summed E-state index contributed by atoms with van der Waals surface area (Å²) in [5, 5.41) is 0.842. The Labute approximate surface area is 165 Å². The van der Waals surface area contributed by atoms with Crippen LogP contribution < -0.4 is 4.72 Å². The number of sulfonamides is 1. The molecule has 0 saturated heterocycles. The van der Waals surface area contributed by atoms with Crippen molar-refractivity contribution in [3.05, 3.63) is 64.3 Å². The van der Waals surface area contributed by atoms with E-state index in [-0.39, 0.29) is 17.2 Å². The number of aromatic nitrogens is 1. The predicted molar refractivity (Wildman–Crippen MR) is 110 cm³/mol. The number of aryl methyl sites for hydroxylation is 3. The normalized spacial score (nSPS) is 14.4. The lowest BCUT2D eigenvalue weighted by Gasteiger charge is -2.12. The molecule has 3 aromatic rings. The summed E-state index contributed by atoms with van der Waals surface area (Å²) in [6.45, 7) is 4.17. The van der Waals surface area contributed by atoms with E-state index in [1.807, 2.05) is 44.2 Å². The number of hydrogen-bond donors (Lipinski definition) is 2. The predicted octanol–water partition coefficient (Wildman–Crippen LogP) is 4.04. The molecule has 0 saturated carbocycles. The topological polar surface area (TPSA) is 79.0 Å². The minimum Gasteiger partial charge on any atom is -0.358 e. The summed E-state index contributed by atoms with van der Waals surface area (Å²) in [6, 6.07) is 11.3. The molecule has 0 spiro atoms. The van der Waals surface area contributed by atoms with Crippen LogP contribution in [-0.2, 0) is 29.4 Å². The standard InChI is InChI=1S/C22H24N2O3S/c1-3-16-11-17-19(24-18-5-4-6-20(25)22(17)18)12-21(16)28(26,27)23-13-15-9-7-14(2)8-10-15/h7-12,23-24H,3-6,13H2,1-2H3. The third kappa shape index (κ3) is 3.38. The summed E-state index contributed by atoms with van der Waals surface area (Å²) in [4.78, 5) is 15.9. The average Bonchev–Trinajstić information content (AvgIpc) is 3.05. The van der Waals surface area contributed by atoms with E-state index in [0.29, 0.717) is 18.4 Å². The number of fused-ring (bicyclic) bond motifs is 3. The lowest BCUT2D eigenvalue weighted by molar-refractivity contribution is 0.0974. The van der Waals surface area contributed by atoms with Crippen LogP contribution >= 0.6 is 0 Å². The van der Waals surface area contributed by atoms with Crippen molar-refractivity contribution >= 4 is 26.7 Å². The Hall–Kier alpha value is -2.44. The van der Waals surface area contributed by atoms with Crippen LogP contribution in [0.2, 0.25) is 0 Å². The molecule has 0 fully saturated rings. The SMILES string of the molecule is CCc1cc2c3c([nH]c2cc1S(=O)(=O)NCc1ccc(C)cc1)CCCC3=O. The number of carbonyl (C=O) groups excluding carboxylic acids is 1. The number of ketones is 1. The number of aromatic amines is 1. The molecule has 4 rings (SSSR count). The van der Waals surface area contributed by atoms with Crippen LogP contribution in [0, 0.1) is 6.92 Å². The molecule has 0 unspecified atom stereocenters. The van der Waals surface area contributed by atoms with Crippen molar-refractivity contribution in [3.63, 3.8) is 0 Å². The summed E-state index contributed by atoms with van der Waals surface area (Å²) in [5.41, 5.74) is 5.16. The fourth-order valence-corrected chi connectivity index (χ4v) is 5.20. The van der Waals surface area contributed by atoms with Gasteiger partial charge in [0.25, 0.3) is 0 Å². The number of nitrogens with one attached hydrogen (secondary N) is 2. The van der Waals surface area contributed by atoms with Gasteiger partial charge in [0.15, 0.2) is 5.78 Å². The molecule has 2 aromatic carbocycles. The summed E-state index contributed by atoms with van der Waals surface area (Å²) in [7, 11) is -3.67. The Morgan fingerprint density at radius 3 is 2.57 bits per heavy atom. The van der Waals surface area contributed by atoms with E-state index >= 15 is 0 Å². The van der Waals surface area contributed by atoms with E-state index in [2.05, 4.69) is 9.71 Å². The van der Waals surface area contributed by atoms with Crippen molar-refractivity contribution in [1.29, 1.82) is 0 Å². The molecular formula is C22H24N2O3S. The maximum Gasteiger partial charge on any atom is 0.241 e. The third-order valence-corrected chi connectivity index (χ3v) is 6.91. The van der Waals surface area contributed by atoms with Gasteiger partial charge in [-0.2, -0.15) is 0 Å². The molecule has 0 radical (unpaired) electrons. The molecule has 1 heterocycles. The number of benzene rings is 2. The monoisotopic (exact) mass is 396 g/mol. The van der Waals surface area contributed by atoms with Crippen LogP contribution in [0.15, 0.2) is 41.3 Å². The van der Waals surface area contributed by atoms with Crippen LogP contribution in [-0.4, -0.2) is 19.2 Å². The molecule has 28 heavy (non-hydrogen) atoms. The molecule has 0 bridgehead atoms. The van der Waals surface area contributed by atoms with E-state index in [1.54, 1.807) is 6.07 Å². The van der Waals surface area contributed by atoms with Gasteiger partial charge in [-0.25, -0.2) is 13.1 Å². The van der Waals surface area contributed by atoms with Crippen LogP contribution in [0.4, 0.5) is 0 Å². The van der Waals surface area contributed by atoms with Gasteiger partial charge < -0.3 is 4.98 Å². The van der Waals surface area contributed by atoms with Gasteiger partial charge in [-0.05, 0) is 49.4 Å². The Morgan fingerprint density at radius 1 is 1.11 bits per heavy atom. The smallest absolute Gasteiger partial charge is 0.241 e. The van der Waals surface area contributed by atoms with Crippen molar-refractivity contribution in [2.24, 2.45) is 0 Å². The van der Waals surface area contributed by atoms with Gasteiger partial charge in [0.2, 0.25) is 10.0 Å². The summed E-state index contributed by atoms with van der Waals surface area (Å²) in [5.74, 6) is 0.141. The van der Waals surface area contributed by atoms with Gasteiger partial charge in [0.05, 0.1) is 4.90 Å². The molecular weight excluding hydrogens is 372 g/mol. The van der Waals surface area contributed by atoms with Gasteiger partial charge in [0, 0.05) is 35.1 Å². The Bertz CT molecular complexity index is 1160. The maximum absolute atomic E-state index is 13.0. The van der Waals surface area contributed by atoms with Crippen molar-refractivity contribution in [3.8, 4) is 0 Å². The summed E-state index contributed by atoms with van der Waals surface area (Å²) in [6.07, 6.45) is 2.79. The highest BCUT2D eigenvalue weighted by Crippen LogP contribution is 2.32. The molecule has 2 N–H and O–H groups in total. The van der Waals surface area contributed by atoms with Crippen molar-refractivity contribution in [2.75, 3.05) is 0 Å². The van der Waals surface area contributed by atoms with E-state index in [1.165, 1.54) is 0 Å². The highest BCUT2D eigenvalue weighted by atomic mass is 32.2. The van der Waals surface area contributed by atoms with E-state index in [9.17, 15) is 13.2 Å².